The number of hydrogen-bond donors (Lipinski definition) is 1. The Labute approximate surface area is 90.9 Å². The van der Waals surface area contributed by atoms with Crippen molar-refractivity contribution in [1.82, 2.24) is 9.80 Å². The van der Waals surface area contributed by atoms with Crippen LogP contribution in [-0.2, 0) is 4.79 Å². The van der Waals surface area contributed by atoms with Crippen molar-refractivity contribution in [3.8, 4) is 0 Å². The van der Waals surface area contributed by atoms with E-state index in [1.807, 2.05) is 7.05 Å². The Morgan fingerprint density at radius 2 is 2.07 bits per heavy atom. The molecule has 1 saturated heterocycles. The van der Waals surface area contributed by atoms with Gasteiger partial charge < -0.3 is 10.0 Å². The highest BCUT2D eigenvalue weighted by molar-refractivity contribution is 5.83. The molecule has 0 radical (unpaired) electrons. The quantitative estimate of drug-likeness (QED) is 0.704. The molecule has 0 aromatic carbocycles. The monoisotopic (exact) mass is 212 g/mol. The molecule has 2 aliphatic rings. The molecule has 4 nitrogen and oxygen atoms in total. The lowest BCUT2D eigenvalue weighted by Crippen LogP contribution is -2.67. The molecule has 1 aliphatic carbocycles. The maximum Gasteiger partial charge on any atom is 0.242 e. The van der Waals surface area contributed by atoms with Crippen LogP contribution >= 0.6 is 0 Å². The van der Waals surface area contributed by atoms with Gasteiger partial charge in [0.2, 0.25) is 5.91 Å². The SMILES string of the molecule is CN1CC(C)(C)N(C2CC2)C(CO)C1=O. The van der Waals surface area contributed by atoms with E-state index in [1.54, 1.807) is 4.90 Å². The molecule has 0 bridgehead atoms. The van der Waals surface area contributed by atoms with Gasteiger partial charge in [0.1, 0.15) is 6.04 Å². The van der Waals surface area contributed by atoms with Gasteiger partial charge in [-0.2, -0.15) is 0 Å². The Kier molecular flexibility index (Phi) is 2.51. The number of amides is 1. The number of piperazine rings is 1. The third kappa shape index (κ3) is 1.76. The van der Waals surface area contributed by atoms with Crippen LogP contribution in [0.2, 0.25) is 0 Å². The maximum atomic E-state index is 11.9. The number of carbonyl (C=O) groups excluding carboxylic acids is 1. The van der Waals surface area contributed by atoms with Crippen molar-refractivity contribution in [3.63, 3.8) is 0 Å². The molecule has 1 aliphatic heterocycles. The normalized spacial score (nSPS) is 32.1. The minimum Gasteiger partial charge on any atom is -0.394 e. The Hall–Kier alpha value is -0.610. The highest BCUT2D eigenvalue weighted by Gasteiger charge is 2.49. The molecular formula is C11H20N2O2. The van der Waals surface area contributed by atoms with Crippen molar-refractivity contribution in [1.29, 1.82) is 0 Å². The number of carbonyl (C=O) groups is 1. The van der Waals surface area contributed by atoms with Crippen molar-refractivity contribution >= 4 is 5.91 Å². The third-order valence-electron chi connectivity index (χ3n) is 3.43. The lowest BCUT2D eigenvalue weighted by Gasteiger charge is -2.50. The number of nitrogens with zero attached hydrogens (tertiary/aromatic N) is 2. The van der Waals surface area contributed by atoms with E-state index in [2.05, 4.69) is 18.7 Å². The number of aliphatic hydroxyl groups excluding tert-OH is 1. The van der Waals surface area contributed by atoms with Gasteiger partial charge >= 0.3 is 0 Å². The first-order chi connectivity index (χ1) is 6.97. The van der Waals surface area contributed by atoms with Crippen LogP contribution in [0.5, 0.6) is 0 Å². The maximum absolute atomic E-state index is 11.9. The molecule has 1 saturated carbocycles. The molecule has 15 heavy (non-hydrogen) atoms. The summed E-state index contributed by atoms with van der Waals surface area (Å²) in [6.45, 7) is 4.98. The highest BCUT2D eigenvalue weighted by atomic mass is 16.3. The summed E-state index contributed by atoms with van der Waals surface area (Å²) in [5, 5.41) is 9.37. The van der Waals surface area contributed by atoms with Gasteiger partial charge in [-0.15, -0.1) is 0 Å². The Balaban J connectivity index is 2.25. The molecule has 4 heteroatoms. The Bertz CT molecular complexity index is 274. The molecule has 0 spiro atoms. The van der Waals surface area contributed by atoms with Gasteiger partial charge in [0.05, 0.1) is 6.61 Å². The first-order valence-corrected chi connectivity index (χ1v) is 5.61. The smallest absolute Gasteiger partial charge is 0.242 e. The lowest BCUT2D eigenvalue weighted by molar-refractivity contribution is -0.151. The largest absolute Gasteiger partial charge is 0.394 e. The van der Waals surface area contributed by atoms with E-state index in [0.717, 1.165) is 19.4 Å². The van der Waals surface area contributed by atoms with E-state index >= 15 is 0 Å². The molecule has 1 heterocycles. The van der Waals surface area contributed by atoms with Crippen LogP contribution in [0.15, 0.2) is 0 Å². The zero-order valence-corrected chi connectivity index (χ0v) is 9.73. The topological polar surface area (TPSA) is 43.8 Å². The first-order valence-electron chi connectivity index (χ1n) is 5.61. The molecule has 1 unspecified atom stereocenters. The zero-order valence-electron chi connectivity index (χ0n) is 9.73. The van der Waals surface area contributed by atoms with Crippen molar-refractivity contribution in [3.05, 3.63) is 0 Å². The Morgan fingerprint density at radius 1 is 1.47 bits per heavy atom. The van der Waals surface area contributed by atoms with E-state index in [4.69, 9.17) is 0 Å². The van der Waals surface area contributed by atoms with Crippen molar-refractivity contribution in [2.45, 2.75) is 44.3 Å². The Morgan fingerprint density at radius 3 is 2.53 bits per heavy atom. The van der Waals surface area contributed by atoms with Crippen LogP contribution in [-0.4, -0.2) is 58.6 Å². The summed E-state index contributed by atoms with van der Waals surface area (Å²) in [5.74, 6) is 0.0590. The van der Waals surface area contributed by atoms with Crippen molar-refractivity contribution < 1.29 is 9.90 Å². The predicted octanol–water partition coefficient (Wildman–Crippen LogP) is 0.0623. The number of aliphatic hydroxyl groups is 1. The van der Waals surface area contributed by atoms with E-state index in [9.17, 15) is 9.90 Å². The zero-order chi connectivity index (χ0) is 11.2. The van der Waals surface area contributed by atoms with Crippen LogP contribution < -0.4 is 0 Å². The standard InChI is InChI=1S/C11H20N2O2/c1-11(2)7-12(3)10(15)9(6-14)13(11)8-4-5-8/h8-9,14H,4-7H2,1-3H3. The summed E-state index contributed by atoms with van der Waals surface area (Å²) in [6, 6.07) is 0.182. The van der Waals surface area contributed by atoms with Gasteiger partial charge in [-0.05, 0) is 26.7 Å². The fourth-order valence-corrected chi connectivity index (χ4v) is 2.80. The molecule has 1 atom stereocenters. The second kappa shape index (κ2) is 3.46. The molecule has 2 rings (SSSR count). The average Bonchev–Trinajstić information content (AvgIpc) is 2.93. The van der Waals surface area contributed by atoms with Crippen LogP contribution in [0.25, 0.3) is 0 Å². The summed E-state index contributed by atoms with van der Waals surface area (Å²) in [4.78, 5) is 15.9. The van der Waals surface area contributed by atoms with Gasteiger partial charge in [0.25, 0.3) is 0 Å². The first kappa shape index (κ1) is 10.9. The van der Waals surface area contributed by atoms with Crippen molar-refractivity contribution in [2.75, 3.05) is 20.2 Å². The summed E-state index contributed by atoms with van der Waals surface area (Å²) in [5.41, 5.74) is -0.0166. The molecule has 1 N–H and O–H groups in total. The summed E-state index contributed by atoms with van der Waals surface area (Å²) < 4.78 is 0. The lowest BCUT2D eigenvalue weighted by atomic mass is 9.94. The van der Waals surface area contributed by atoms with E-state index in [1.165, 1.54) is 0 Å². The van der Waals surface area contributed by atoms with Crippen LogP contribution in [0, 0.1) is 0 Å². The van der Waals surface area contributed by atoms with Gasteiger partial charge in [-0.3, -0.25) is 9.69 Å². The van der Waals surface area contributed by atoms with Crippen LogP contribution in [0.3, 0.4) is 0 Å². The summed E-state index contributed by atoms with van der Waals surface area (Å²) in [7, 11) is 1.82. The minimum atomic E-state index is -0.328. The van der Waals surface area contributed by atoms with Crippen LogP contribution in [0.4, 0.5) is 0 Å². The second-order valence-electron chi connectivity index (χ2n) is 5.34. The van der Waals surface area contributed by atoms with Gasteiger partial charge in [-0.1, -0.05) is 0 Å². The summed E-state index contributed by atoms with van der Waals surface area (Å²) >= 11 is 0. The minimum absolute atomic E-state index is 0.0166. The predicted molar refractivity (Wildman–Crippen MR) is 57.5 cm³/mol. The fourth-order valence-electron chi connectivity index (χ4n) is 2.80. The van der Waals surface area contributed by atoms with Crippen molar-refractivity contribution in [2.24, 2.45) is 0 Å². The van der Waals surface area contributed by atoms with E-state index < -0.39 is 0 Å². The van der Waals surface area contributed by atoms with E-state index in [-0.39, 0.29) is 24.1 Å². The number of rotatable bonds is 2. The van der Waals surface area contributed by atoms with Crippen LogP contribution in [0.1, 0.15) is 26.7 Å². The molecule has 1 amide bonds. The molecular weight excluding hydrogens is 192 g/mol. The number of likely N-dealkylation sites (N-methyl/N-ethyl adjacent to an activating group) is 1. The molecule has 0 aromatic heterocycles. The van der Waals surface area contributed by atoms with Gasteiger partial charge in [-0.25, -0.2) is 0 Å². The molecule has 0 aromatic rings. The van der Waals surface area contributed by atoms with Gasteiger partial charge in [0.15, 0.2) is 0 Å². The molecule has 86 valence electrons. The second-order valence-corrected chi connectivity index (χ2v) is 5.34. The number of hydrogen-bond acceptors (Lipinski definition) is 3. The molecule has 2 fully saturated rings. The summed E-state index contributed by atoms with van der Waals surface area (Å²) in [6.07, 6.45) is 2.33. The van der Waals surface area contributed by atoms with E-state index in [0.29, 0.717) is 6.04 Å². The van der Waals surface area contributed by atoms with Gasteiger partial charge in [0, 0.05) is 25.2 Å². The fraction of sp³-hybridized carbons (Fsp3) is 0.909. The third-order valence-corrected chi connectivity index (χ3v) is 3.43. The highest BCUT2D eigenvalue weighted by Crippen LogP contribution is 2.37. The average molecular weight is 212 g/mol.